The lowest BCUT2D eigenvalue weighted by atomic mass is 10.2. The van der Waals surface area contributed by atoms with E-state index in [0.29, 0.717) is 6.54 Å². The van der Waals surface area contributed by atoms with Crippen LogP contribution in [-0.4, -0.2) is 17.4 Å². The van der Waals surface area contributed by atoms with Crippen LogP contribution in [0.1, 0.15) is 42.2 Å². The van der Waals surface area contributed by atoms with Gasteiger partial charge in [-0.05, 0) is 35.3 Å². The van der Waals surface area contributed by atoms with Crippen LogP contribution < -0.4 is 10.9 Å². The highest BCUT2D eigenvalue weighted by Gasteiger charge is 2.11. The Morgan fingerprint density at radius 1 is 1.47 bits per heavy atom. The molecule has 0 spiro atoms. The Labute approximate surface area is 109 Å². The first-order valence-corrected chi connectivity index (χ1v) is 6.53. The number of aromatic amines is 1. The van der Waals surface area contributed by atoms with Crippen molar-refractivity contribution in [2.45, 2.75) is 33.1 Å². The van der Waals surface area contributed by atoms with Gasteiger partial charge in [-0.3, -0.25) is 9.59 Å². The number of carbonyl (C=O) groups is 1. The molecule has 2 N–H and O–H groups in total. The van der Waals surface area contributed by atoms with Crippen molar-refractivity contribution in [3.8, 4) is 0 Å². The minimum atomic E-state index is -0.348. The molecule has 1 heterocycles. The largest absolute Gasteiger partial charge is 0.352 e. The molecule has 0 atom stereocenters. The fourth-order valence-corrected chi connectivity index (χ4v) is 1.77. The number of amides is 1. The minimum Gasteiger partial charge on any atom is -0.352 e. The van der Waals surface area contributed by atoms with Crippen LogP contribution in [0.2, 0.25) is 0 Å². The highest BCUT2D eigenvalue weighted by atomic mass is 79.9. The first-order valence-electron chi connectivity index (χ1n) is 5.74. The summed E-state index contributed by atoms with van der Waals surface area (Å²) in [5, 5.41) is 2.74. The molecular formula is C12H17BrN2O2. The lowest BCUT2D eigenvalue weighted by Gasteiger charge is -2.05. The molecule has 0 fully saturated rings. The summed E-state index contributed by atoms with van der Waals surface area (Å²) in [6.45, 7) is 4.48. The average molecular weight is 301 g/mol. The fraction of sp³-hybridized carbons (Fsp3) is 0.500. The van der Waals surface area contributed by atoms with Gasteiger partial charge in [0.15, 0.2) is 0 Å². The van der Waals surface area contributed by atoms with Gasteiger partial charge in [0.2, 0.25) is 0 Å². The number of aromatic nitrogens is 1. The molecule has 0 aliphatic carbocycles. The molecular weight excluding hydrogens is 284 g/mol. The second-order valence-electron chi connectivity index (χ2n) is 3.95. The van der Waals surface area contributed by atoms with E-state index < -0.39 is 0 Å². The lowest BCUT2D eigenvalue weighted by molar-refractivity contribution is 0.0951. The second kappa shape index (κ2) is 6.59. The van der Waals surface area contributed by atoms with Gasteiger partial charge in [-0.1, -0.05) is 19.8 Å². The molecule has 0 unspecified atom stereocenters. The van der Waals surface area contributed by atoms with Gasteiger partial charge in [-0.25, -0.2) is 0 Å². The topological polar surface area (TPSA) is 62.0 Å². The first-order chi connectivity index (χ1) is 8.06. The molecule has 4 nitrogen and oxygen atoms in total. The average Bonchev–Trinajstić information content (AvgIpc) is 2.29. The first kappa shape index (κ1) is 14.0. The number of hydrogen-bond acceptors (Lipinski definition) is 2. The SMILES string of the molecule is CCCCCNC(=O)c1cc(Br)c(C)[nH]c1=O. The Morgan fingerprint density at radius 3 is 2.82 bits per heavy atom. The Bertz CT molecular complexity index is 454. The van der Waals surface area contributed by atoms with E-state index in [1.807, 2.05) is 0 Å². The third kappa shape index (κ3) is 4.00. The van der Waals surface area contributed by atoms with Gasteiger partial charge in [0, 0.05) is 16.7 Å². The van der Waals surface area contributed by atoms with Crippen molar-refractivity contribution in [3.05, 3.63) is 32.2 Å². The maximum atomic E-state index is 11.7. The Balaban J connectivity index is 2.69. The summed E-state index contributed by atoms with van der Waals surface area (Å²) in [5.41, 5.74) is 0.523. The van der Waals surface area contributed by atoms with Crippen molar-refractivity contribution < 1.29 is 4.79 Å². The molecule has 0 bridgehead atoms. The molecule has 1 aromatic heterocycles. The number of hydrogen-bond donors (Lipinski definition) is 2. The Hall–Kier alpha value is -1.10. The summed E-state index contributed by atoms with van der Waals surface area (Å²) in [5.74, 6) is -0.317. The smallest absolute Gasteiger partial charge is 0.261 e. The van der Waals surface area contributed by atoms with E-state index in [4.69, 9.17) is 0 Å². The van der Waals surface area contributed by atoms with Crippen LogP contribution >= 0.6 is 15.9 Å². The molecule has 5 heteroatoms. The van der Waals surface area contributed by atoms with Gasteiger partial charge < -0.3 is 10.3 Å². The molecule has 0 radical (unpaired) electrons. The summed E-state index contributed by atoms with van der Waals surface area (Å²) in [7, 11) is 0. The third-order valence-corrected chi connectivity index (χ3v) is 3.31. The number of unbranched alkanes of at least 4 members (excludes halogenated alkanes) is 2. The van der Waals surface area contributed by atoms with Crippen molar-refractivity contribution in [1.82, 2.24) is 10.3 Å². The van der Waals surface area contributed by atoms with Crippen molar-refractivity contribution in [1.29, 1.82) is 0 Å². The van der Waals surface area contributed by atoms with Crippen molar-refractivity contribution >= 4 is 21.8 Å². The standard InChI is InChI=1S/C12H17BrN2O2/c1-3-4-5-6-14-11(16)9-7-10(13)8(2)15-12(9)17/h7H,3-6H2,1-2H3,(H,14,16)(H,15,17). The molecule has 0 aromatic carbocycles. The zero-order valence-corrected chi connectivity index (χ0v) is 11.7. The van der Waals surface area contributed by atoms with Gasteiger partial charge in [0.1, 0.15) is 5.56 Å². The van der Waals surface area contributed by atoms with Gasteiger partial charge in [0.05, 0.1) is 0 Å². The molecule has 0 aliphatic rings. The van der Waals surface area contributed by atoms with Crippen LogP contribution in [0, 0.1) is 6.92 Å². The predicted molar refractivity (Wildman–Crippen MR) is 71.4 cm³/mol. The van der Waals surface area contributed by atoms with E-state index in [0.717, 1.165) is 29.4 Å². The van der Waals surface area contributed by atoms with E-state index in [-0.39, 0.29) is 17.0 Å². The summed E-state index contributed by atoms with van der Waals surface area (Å²) < 4.78 is 0.732. The highest BCUT2D eigenvalue weighted by Crippen LogP contribution is 2.12. The van der Waals surface area contributed by atoms with E-state index in [1.165, 1.54) is 0 Å². The minimum absolute atomic E-state index is 0.152. The van der Waals surface area contributed by atoms with E-state index in [2.05, 4.69) is 33.2 Å². The third-order valence-electron chi connectivity index (χ3n) is 2.49. The van der Waals surface area contributed by atoms with Gasteiger partial charge in [-0.2, -0.15) is 0 Å². The van der Waals surface area contributed by atoms with E-state index >= 15 is 0 Å². The number of rotatable bonds is 5. The summed E-state index contributed by atoms with van der Waals surface area (Å²) in [6.07, 6.45) is 3.12. The molecule has 1 amide bonds. The van der Waals surface area contributed by atoms with Gasteiger partial charge in [0.25, 0.3) is 11.5 Å². The number of aryl methyl sites for hydroxylation is 1. The van der Waals surface area contributed by atoms with Gasteiger partial charge in [-0.15, -0.1) is 0 Å². The van der Waals surface area contributed by atoms with Crippen LogP contribution in [0.3, 0.4) is 0 Å². The number of H-pyrrole nitrogens is 1. The van der Waals surface area contributed by atoms with Crippen LogP contribution in [0.15, 0.2) is 15.3 Å². The van der Waals surface area contributed by atoms with E-state index in [1.54, 1.807) is 13.0 Å². The summed E-state index contributed by atoms with van der Waals surface area (Å²) in [6, 6.07) is 1.56. The Morgan fingerprint density at radius 2 is 2.18 bits per heavy atom. The molecule has 17 heavy (non-hydrogen) atoms. The lowest BCUT2D eigenvalue weighted by Crippen LogP contribution is -2.30. The number of carbonyl (C=O) groups excluding carboxylic acids is 1. The number of halogens is 1. The number of pyridine rings is 1. The van der Waals surface area contributed by atoms with Crippen LogP contribution in [-0.2, 0) is 0 Å². The maximum Gasteiger partial charge on any atom is 0.261 e. The maximum absolute atomic E-state index is 11.7. The molecule has 1 rings (SSSR count). The summed E-state index contributed by atoms with van der Waals surface area (Å²) >= 11 is 3.29. The molecule has 94 valence electrons. The predicted octanol–water partition coefficient (Wildman–Crippen LogP) is 2.37. The highest BCUT2D eigenvalue weighted by molar-refractivity contribution is 9.10. The molecule has 0 aliphatic heterocycles. The molecule has 0 saturated carbocycles. The molecule has 1 aromatic rings. The summed E-state index contributed by atoms with van der Waals surface area (Å²) in [4.78, 5) is 26.0. The number of nitrogens with one attached hydrogen (secondary N) is 2. The van der Waals surface area contributed by atoms with Gasteiger partial charge >= 0.3 is 0 Å². The zero-order valence-electron chi connectivity index (χ0n) is 10.1. The normalized spacial score (nSPS) is 10.3. The molecule has 0 saturated heterocycles. The van der Waals surface area contributed by atoms with Crippen molar-refractivity contribution in [3.63, 3.8) is 0 Å². The second-order valence-corrected chi connectivity index (χ2v) is 4.80. The van der Waals surface area contributed by atoms with Crippen LogP contribution in [0.5, 0.6) is 0 Å². The van der Waals surface area contributed by atoms with Crippen molar-refractivity contribution in [2.75, 3.05) is 6.54 Å². The van der Waals surface area contributed by atoms with Crippen LogP contribution in [0.4, 0.5) is 0 Å². The fourth-order valence-electron chi connectivity index (χ4n) is 1.44. The monoisotopic (exact) mass is 300 g/mol. The van der Waals surface area contributed by atoms with Crippen LogP contribution in [0.25, 0.3) is 0 Å². The van der Waals surface area contributed by atoms with E-state index in [9.17, 15) is 9.59 Å². The quantitative estimate of drug-likeness (QED) is 0.820. The van der Waals surface area contributed by atoms with Crippen molar-refractivity contribution in [2.24, 2.45) is 0 Å². The Kier molecular flexibility index (Phi) is 5.41. The zero-order chi connectivity index (χ0) is 12.8.